The smallest absolute Gasteiger partial charge is 0.271 e. The molecule has 0 bridgehead atoms. The second-order valence-electron chi connectivity index (χ2n) is 9.31. The van der Waals surface area contributed by atoms with Crippen molar-refractivity contribution in [3.63, 3.8) is 0 Å². The number of ether oxygens (including phenoxy) is 3. The molecule has 0 saturated carbocycles. The van der Waals surface area contributed by atoms with Gasteiger partial charge in [0.1, 0.15) is 17.2 Å². The highest BCUT2D eigenvalue weighted by Gasteiger charge is 2.43. The van der Waals surface area contributed by atoms with E-state index in [9.17, 15) is 10.1 Å². The summed E-state index contributed by atoms with van der Waals surface area (Å²) < 4.78 is 18.8. The quantitative estimate of drug-likeness (QED) is 0.168. The maximum Gasteiger partial charge on any atom is 0.271 e. The van der Waals surface area contributed by atoms with Crippen LogP contribution in [0.5, 0.6) is 17.2 Å². The van der Waals surface area contributed by atoms with Crippen molar-refractivity contribution < 1.29 is 19.1 Å². The van der Waals surface area contributed by atoms with Gasteiger partial charge in [0.05, 0.1) is 55.4 Å². The van der Waals surface area contributed by atoms with Crippen LogP contribution < -0.4 is 24.4 Å². The summed E-state index contributed by atoms with van der Waals surface area (Å²) in [5.41, 5.74) is 4.81. The number of nitrogens with zero attached hydrogens (tertiary/aromatic N) is 4. The van der Waals surface area contributed by atoms with Gasteiger partial charge in [-0.1, -0.05) is 6.07 Å². The van der Waals surface area contributed by atoms with Crippen LogP contribution in [0.2, 0.25) is 0 Å². The Bertz CT molecular complexity index is 1590. The first-order valence-electron chi connectivity index (χ1n) is 12.5. The molecular formula is C29H29N5O5S. The summed E-state index contributed by atoms with van der Waals surface area (Å²) in [7, 11) is 4.77. The molecule has 0 radical (unpaired) electrons. The average molecular weight is 560 g/mol. The minimum atomic E-state index is -0.411. The van der Waals surface area contributed by atoms with Gasteiger partial charge in [0.2, 0.25) is 0 Å². The van der Waals surface area contributed by atoms with Gasteiger partial charge in [-0.25, -0.2) is 0 Å². The van der Waals surface area contributed by atoms with Crippen LogP contribution in [0.1, 0.15) is 34.7 Å². The summed E-state index contributed by atoms with van der Waals surface area (Å²) in [6.45, 7) is 3.94. The zero-order valence-electron chi connectivity index (χ0n) is 22.7. The van der Waals surface area contributed by atoms with Gasteiger partial charge in [0.25, 0.3) is 5.69 Å². The molecule has 1 aliphatic rings. The first kappa shape index (κ1) is 26.9. The number of thiocarbonyl (C=S) groups is 1. The third-order valence-corrected chi connectivity index (χ3v) is 7.46. The zero-order chi connectivity index (χ0) is 28.6. The lowest BCUT2D eigenvalue weighted by Crippen LogP contribution is -2.30. The number of benzene rings is 2. The fourth-order valence-electron chi connectivity index (χ4n) is 5.34. The molecule has 1 aliphatic heterocycles. The number of nitro groups is 1. The Morgan fingerprint density at radius 2 is 1.68 bits per heavy atom. The van der Waals surface area contributed by atoms with Crippen LogP contribution >= 0.6 is 12.2 Å². The van der Waals surface area contributed by atoms with Gasteiger partial charge in [-0.15, -0.1) is 0 Å². The number of rotatable bonds is 8. The molecule has 4 aromatic rings. The summed E-state index contributed by atoms with van der Waals surface area (Å²) in [5.74, 6) is 1.81. The highest BCUT2D eigenvalue weighted by Crippen LogP contribution is 2.47. The Morgan fingerprint density at radius 1 is 0.950 bits per heavy atom. The van der Waals surface area contributed by atoms with Crippen molar-refractivity contribution in [3.05, 3.63) is 99.6 Å². The molecule has 0 unspecified atom stereocenters. The summed E-state index contributed by atoms with van der Waals surface area (Å²) in [5, 5.41) is 15.6. The number of aryl methyl sites for hydroxylation is 1. The number of hydrogen-bond acceptors (Lipinski definition) is 7. The summed E-state index contributed by atoms with van der Waals surface area (Å²) in [6, 6.07) is 17.4. The van der Waals surface area contributed by atoms with Crippen molar-refractivity contribution >= 4 is 28.7 Å². The van der Waals surface area contributed by atoms with E-state index in [4.69, 9.17) is 26.4 Å². The Labute approximate surface area is 237 Å². The first-order valence-corrected chi connectivity index (χ1v) is 12.9. The maximum absolute atomic E-state index is 11.6. The van der Waals surface area contributed by atoms with E-state index in [1.807, 2.05) is 59.7 Å². The molecule has 206 valence electrons. The van der Waals surface area contributed by atoms with Crippen LogP contribution in [0.4, 0.5) is 11.4 Å². The number of aromatic nitrogens is 2. The van der Waals surface area contributed by atoms with Gasteiger partial charge in [-0.3, -0.25) is 15.1 Å². The number of pyridine rings is 1. The minimum absolute atomic E-state index is 0.0253. The van der Waals surface area contributed by atoms with Crippen molar-refractivity contribution in [2.24, 2.45) is 0 Å². The van der Waals surface area contributed by atoms with Crippen molar-refractivity contribution in [1.29, 1.82) is 0 Å². The lowest BCUT2D eigenvalue weighted by molar-refractivity contribution is -0.384. The van der Waals surface area contributed by atoms with E-state index in [1.165, 1.54) is 12.1 Å². The van der Waals surface area contributed by atoms with E-state index < -0.39 is 4.92 Å². The van der Waals surface area contributed by atoms with Crippen LogP contribution in [0.3, 0.4) is 0 Å². The van der Waals surface area contributed by atoms with E-state index >= 15 is 0 Å². The Balaban J connectivity index is 1.74. The number of anilines is 1. The molecule has 0 amide bonds. The number of nitro benzene ring substituents is 1. The zero-order valence-corrected chi connectivity index (χ0v) is 23.6. The van der Waals surface area contributed by atoms with E-state index in [2.05, 4.69) is 16.4 Å². The molecule has 1 saturated heterocycles. The highest BCUT2D eigenvalue weighted by molar-refractivity contribution is 7.80. The summed E-state index contributed by atoms with van der Waals surface area (Å²) >= 11 is 5.91. The molecule has 2 aromatic carbocycles. The number of non-ortho nitro benzene ring substituents is 1. The fraction of sp³-hybridized carbons (Fsp3) is 0.241. The topological polar surface area (TPSA) is 104 Å². The van der Waals surface area contributed by atoms with Crippen LogP contribution in [0.15, 0.2) is 66.9 Å². The molecule has 2 atom stereocenters. The van der Waals surface area contributed by atoms with Crippen LogP contribution in [0, 0.1) is 24.0 Å². The number of hydrogen-bond donors (Lipinski definition) is 1. The van der Waals surface area contributed by atoms with Crippen molar-refractivity contribution in [1.82, 2.24) is 14.9 Å². The SMILES string of the molecule is COc1ccc(OC)c(N2C(=S)N[C@@H](c3ccccn3)[C@@H]2c2cc(C)n(-c3cc([N+](=O)[O-])ccc3OC)c2C)c1. The van der Waals surface area contributed by atoms with Gasteiger partial charge >= 0.3 is 0 Å². The van der Waals surface area contributed by atoms with Crippen LogP contribution in [-0.4, -0.2) is 40.9 Å². The third kappa shape index (κ3) is 4.58. The van der Waals surface area contributed by atoms with E-state index in [0.29, 0.717) is 28.0 Å². The average Bonchev–Trinajstić information content (AvgIpc) is 3.46. The molecule has 0 aliphatic carbocycles. The standard InChI is InChI=1S/C29H29N5O5S/c1-17-14-21(18(2)32(17)23-15-19(34(35)36)9-11-25(23)38-4)28-27(22-8-6-7-13-30-22)31-29(40)33(28)24-16-20(37-3)10-12-26(24)39-5/h6-16,27-28H,1-5H3,(H,31,40)/t27-,28-/m0/s1. The van der Waals surface area contributed by atoms with Crippen molar-refractivity contribution in [2.75, 3.05) is 26.2 Å². The fourth-order valence-corrected chi connectivity index (χ4v) is 5.68. The van der Waals surface area contributed by atoms with Gasteiger partial charge in [-0.2, -0.15) is 0 Å². The first-order chi connectivity index (χ1) is 19.3. The number of methoxy groups -OCH3 is 3. The molecule has 1 fully saturated rings. The van der Waals surface area contributed by atoms with Crippen LogP contribution in [0.25, 0.3) is 5.69 Å². The van der Waals surface area contributed by atoms with E-state index in [1.54, 1.807) is 33.6 Å². The Hall–Kier alpha value is -4.64. The summed E-state index contributed by atoms with van der Waals surface area (Å²) in [6.07, 6.45) is 1.75. The Morgan fingerprint density at radius 3 is 2.33 bits per heavy atom. The normalized spacial score (nSPS) is 16.5. The molecule has 40 heavy (non-hydrogen) atoms. The van der Waals surface area contributed by atoms with Crippen LogP contribution in [-0.2, 0) is 0 Å². The molecule has 5 rings (SSSR count). The van der Waals surface area contributed by atoms with Gasteiger partial charge in [-0.05, 0) is 68.0 Å². The molecule has 1 N–H and O–H groups in total. The lowest BCUT2D eigenvalue weighted by Gasteiger charge is -2.29. The van der Waals surface area contributed by atoms with E-state index in [-0.39, 0.29) is 17.8 Å². The summed E-state index contributed by atoms with van der Waals surface area (Å²) in [4.78, 5) is 17.9. The van der Waals surface area contributed by atoms with E-state index in [0.717, 1.165) is 28.3 Å². The predicted molar refractivity (Wildman–Crippen MR) is 156 cm³/mol. The Kier molecular flexibility index (Phi) is 7.31. The minimum Gasteiger partial charge on any atom is -0.497 e. The lowest BCUT2D eigenvalue weighted by atomic mass is 9.96. The largest absolute Gasteiger partial charge is 0.497 e. The van der Waals surface area contributed by atoms with Crippen molar-refractivity contribution in [3.8, 4) is 22.9 Å². The second-order valence-corrected chi connectivity index (χ2v) is 9.70. The maximum atomic E-state index is 11.6. The molecule has 2 aromatic heterocycles. The molecule has 0 spiro atoms. The third-order valence-electron chi connectivity index (χ3n) is 7.15. The predicted octanol–water partition coefficient (Wildman–Crippen LogP) is 5.60. The van der Waals surface area contributed by atoms with Gasteiger partial charge < -0.3 is 29.0 Å². The second kappa shape index (κ2) is 10.9. The molecule has 10 nitrogen and oxygen atoms in total. The molecule has 3 heterocycles. The highest BCUT2D eigenvalue weighted by atomic mass is 32.1. The molecular weight excluding hydrogens is 530 g/mol. The molecule has 11 heteroatoms. The monoisotopic (exact) mass is 559 g/mol. The number of nitrogens with one attached hydrogen (secondary N) is 1. The van der Waals surface area contributed by atoms with Gasteiger partial charge in [0.15, 0.2) is 5.11 Å². The van der Waals surface area contributed by atoms with Gasteiger partial charge in [0, 0.05) is 35.8 Å². The van der Waals surface area contributed by atoms with Crippen molar-refractivity contribution in [2.45, 2.75) is 25.9 Å².